The first-order valence-electron chi connectivity index (χ1n) is 9.52. The van der Waals surface area contributed by atoms with Crippen LogP contribution in [-0.2, 0) is 9.53 Å². The van der Waals surface area contributed by atoms with Crippen LogP contribution in [0.2, 0.25) is 0 Å². The lowest BCUT2D eigenvalue weighted by Crippen LogP contribution is -2.50. The molecule has 0 saturated carbocycles. The minimum atomic E-state index is -0.390. The van der Waals surface area contributed by atoms with Crippen molar-refractivity contribution in [2.75, 3.05) is 39.3 Å². The number of rotatable bonds is 6. The first-order chi connectivity index (χ1) is 12.3. The summed E-state index contributed by atoms with van der Waals surface area (Å²) in [6.45, 7) is 13.0. The minimum absolute atomic E-state index is 0.0250. The van der Waals surface area contributed by atoms with Crippen molar-refractivity contribution in [3.63, 3.8) is 0 Å². The van der Waals surface area contributed by atoms with Crippen LogP contribution in [0.1, 0.15) is 47.5 Å². The molecule has 1 heterocycles. The van der Waals surface area contributed by atoms with E-state index in [0.717, 1.165) is 25.3 Å². The van der Waals surface area contributed by atoms with Gasteiger partial charge >= 0.3 is 6.09 Å². The summed E-state index contributed by atoms with van der Waals surface area (Å²) >= 11 is 0. The predicted octanol–water partition coefficient (Wildman–Crippen LogP) is 1.32. The number of nitrogens with zero attached hydrogens (tertiary/aromatic N) is 2. The molecule has 1 aliphatic heterocycles. The number of nitrogens with one attached hydrogen (secondary N) is 3. The highest BCUT2D eigenvalue weighted by atomic mass is 16.6. The van der Waals surface area contributed by atoms with Gasteiger partial charge in [0.1, 0.15) is 0 Å². The third-order valence-electron chi connectivity index (χ3n) is 4.05. The summed E-state index contributed by atoms with van der Waals surface area (Å²) in [6.07, 6.45) is 1.47. The first kappa shape index (κ1) is 22.1. The summed E-state index contributed by atoms with van der Waals surface area (Å²) in [6, 6.07) is 0.266. The van der Waals surface area contributed by atoms with Crippen molar-refractivity contribution in [3.8, 4) is 0 Å². The second kappa shape index (κ2) is 10.9. The maximum absolute atomic E-state index is 11.9. The first-order valence-corrected chi connectivity index (χ1v) is 9.52. The van der Waals surface area contributed by atoms with E-state index in [0.29, 0.717) is 32.8 Å². The van der Waals surface area contributed by atoms with Gasteiger partial charge in [0, 0.05) is 37.6 Å². The third kappa shape index (κ3) is 7.93. The maximum Gasteiger partial charge on any atom is 0.409 e. The lowest BCUT2D eigenvalue weighted by atomic mass is 9.96. The van der Waals surface area contributed by atoms with E-state index in [1.807, 2.05) is 34.6 Å². The number of carbonyl (C=O) groups is 2. The SMILES string of the molecule is CCNC(=NCCNC(=O)C(C)(C)C)NC1CCN(C(=O)OCC)CC1. The van der Waals surface area contributed by atoms with Gasteiger partial charge in [-0.25, -0.2) is 4.79 Å². The molecule has 1 rings (SSSR count). The molecule has 2 amide bonds. The summed E-state index contributed by atoms with van der Waals surface area (Å²) in [5.41, 5.74) is -0.390. The van der Waals surface area contributed by atoms with Crippen molar-refractivity contribution in [2.45, 2.75) is 53.5 Å². The van der Waals surface area contributed by atoms with Gasteiger partial charge in [-0.1, -0.05) is 20.8 Å². The Morgan fingerprint density at radius 3 is 2.35 bits per heavy atom. The molecule has 0 atom stereocenters. The summed E-state index contributed by atoms with van der Waals surface area (Å²) in [4.78, 5) is 29.9. The number of hydrogen-bond acceptors (Lipinski definition) is 4. The number of carbonyl (C=O) groups excluding carboxylic acids is 2. The molecule has 1 fully saturated rings. The number of piperidine rings is 1. The molecule has 1 aliphatic rings. The van der Waals surface area contributed by atoms with Crippen molar-refractivity contribution in [1.29, 1.82) is 0 Å². The average molecular weight is 370 g/mol. The molecule has 0 bridgehead atoms. The van der Waals surface area contributed by atoms with E-state index < -0.39 is 0 Å². The van der Waals surface area contributed by atoms with E-state index in [4.69, 9.17) is 4.74 Å². The highest BCUT2D eigenvalue weighted by Crippen LogP contribution is 2.12. The van der Waals surface area contributed by atoms with Gasteiger partial charge in [-0.15, -0.1) is 0 Å². The summed E-state index contributed by atoms with van der Waals surface area (Å²) < 4.78 is 5.04. The summed E-state index contributed by atoms with van der Waals surface area (Å²) in [5.74, 6) is 0.768. The molecule has 0 aromatic carbocycles. The van der Waals surface area contributed by atoms with Crippen LogP contribution in [0, 0.1) is 5.41 Å². The van der Waals surface area contributed by atoms with E-state index in [1.165, 1.54) is 0 Å². The number of hydrogen-bond donors (Lipinski definition) is 3. The van der Waals surface area contributed by atoms with Gasteiger partial charge in [0.2, 0.25) is 5.91 Å². The Labute approximate surface area is 157 Å². The molecular weight excluding hydrogens is 334 g/mol. The lowest BCUT2D eigenvalue weighted by molar-refractivity contribution is -0.128. The molecule has 0 aromatic rings. The van der Waals surface area contributed by atoms with Crippen LogP contribution in [-0.4, -0.2) is 68.2 Å². The molecule has 3 N–H and O–H groups in total. The van der Waals surface area contributed by atoms with Crippen molar-refractivity contribution < 1.29 is 14.3 Å². The van der Waals surface area contributed by atoms with E-state index in [1.54, 1.807) is 4.90 Å². The standard InChI is InChI=1S/C18H35N5O3/c1-6-19-16(21-11-10-20-15(24)18(3,4)5)22-14-8-12-23(13-9-14)17(25)26-7-2/h14H,6-13H2,1-5H3,(H,20,24)(H2,19,21,22). The Morgan fingerprint density at radius 1 is 1.15 bits per heavy atom. The molecule has 0 unspecified atom stereocenters. The fourth-order valence-corrected chi connectivity index (χ4v) is 2.54. The molecule has 8 heteroatoms. The molecule has 0 aromatic heterocycles. The van der Waals surface area contributed by atoms with Crippen molar-refractivity contribution in [2.24, 2.45) is 10.4 Å². The van der Waals surface area contributed by atoms with Gasteiger partial charge in [-0.05, 0) is 26.7 Å². The van der Waals surface area contributed by atoms with Crippen LogP contribution < -0.4 is 16.0 Å². The largest absolute Gasteiger partial charge is 0.450 e. The zero-order valence-electron chi connectivity index (χ0n) is 16.9. The zero-order chi connectivity index (χ0) is 19.6. The van der Waals surface area contributed by atoms with Crippen LogP contribution >= 0.6 is 0 Å². The van der Waals surface area contributed by atoms with Crippen LogP contribution in [0.4, 0.5) is 4.79 Å². The van der Waals surface area contributed by atoms with Gasteiger partial charge in [0.05, 0.1) is 13.2 Å². The number of amides is 2. The van der Waals surface area contributed by atoms with E-state index in [9.17, 15) is 9.59 Å². The molecule has 0 aliphatic carbocycles. The maximum atomic E-state index is 11.9. The number of aliphatic imine (C=N–C) groups is 1. The zero-order valence-corrected chi connectivity index (χ0v) is 16.9. The third-order valence-corrected chi connectivity index (χ3v) is 4.05. The minimum Gasteiger partial charge on any atom is -0.450 e. The number of guanidine groups is 1. The second-order valence-electron chi connectivity index (χ2n) is 7.37. The molecule has 0 radical (unpaired) electrons. The summed E-state index contributed by atoms with van der Waals surface area (Å²) in [7, 11) is 0. The Morgan fingerprint density at radius 2 is 1.81 bits per heavy atom. The number of ether oxygens (including phenoxy) is 1. The Bertz CT molecular complexity index is 480. The van der Waals surface area contributed by atoms with Crippen molar-refractivity contribution >= 4 is 18.0 Å². The number of likely N-dealkylation sites (tertiary alicyclic amines) is 1. The van der Waals surface area contributed by atoms with E-state index in [2.05, 4.69) is 20.9 Å². The summed E-state index contributed by atoms with van der Waals surface area (Å²) in [5, 5.41) is 9.53. The highest BCUT2D eigenvalue weighted by molar-refractivity contribution is 5.81. The Kier molecular flexibility index (Phi) is 9.23. The normalized spacial score (nSPS) is 16.2. The van der Waals surface area contributed by atoms with Crippen LogP contribution in [0.3, 0.4) is 0 Å². The molecule has 0 spiro atoms. The second-order valence-corrected chi connectivity index (χ2v) is 7.37. The molecule has 150 valence electrons. The van der Waals surface area contributed by atoms with Gasteiger partial charge in [0.15, 0.2) is 5.96 Å². The molecular formula is C18H35N5O3. The average Bonchev–Trinajstić information content (AvgIpc) is 2.58. The van der Waals surface area contributed by atoms with Gasteiger partial charge in [-0.3, -0.25) is 9.79 Å². The topological polar surface area (TPSA) is 95.1 Å². The van der Waals surface area contributed by atoms with E-state index in [-0.39, 0.29) is 23.5 Å². The predicted molar refractivity (Wildman–Crippen MR) is 103 cm³/mol. The molecule has 1 saturated heterocycles. The van der Waals surface area contributed by atoms with Crippen molar-refractivity contribution in [1.82, 2.24) is 20.9 Å². The van der Waals surface area contributed by atoms with Gasteiger partial charge in [0.25, 0.3) is 0 Å². The van der Waals surface area contributed by atoms with Crippen molar-refractivity contribution in [3.05, 3.63) is 0 Å². The quantitative estimate of drug-likeness (QED) is 0.373. The lowest BCUT2D eigenvalue weighted by Gasteiger charge is -2.32. The Balaban J connectivity index is 2.41. The highest BCUT2D eigenvalue weighted by Gasteiger charge is 2.24. The Hall–Kier alpha value is -1.99. The van der Waals surface area contributed by atoms with Crippen LogP contribution in [0.25, 0.3) is 0 Å². The van der Waals surface area contributed by atoms with E-state index >= 15 is 0 Å². The van der Waals surface area contributed by atoms with Gasteiger partial charge < -0.3 is 25.6 Å². The van der Waals surface area contributed by atoms with Crippen LogP contribution in [0.5, 0.6) is 0 Å². The fraction of sp³-hybridized carbons (Fsp3) is 0.833. The fourth-order valence-electron chi connectivity index (χ4n) is 2.54. The van der Waals surface area contributed by atoms with Gasteiger partial charge in [-0.2, -0.15) is 0 Å². The molecule has 26 heavy (non-hydrogen) atoms. The smallest absolute Gasteiger partial charge is 0.409 e. The van der Waals surface area contributed by atoms with Crippen LogP contribution in [0.15, 0.2) is 4.99 Å². The monoisotopic (exact) mass is 369 g/mol. The molecule has 8 nitrogen and oxygen atoms in total.